The molecule has 0 atom stereocenters. The summed E-state index contributed by atoms with van der Waals surface area (Å²) < 4.78 is 0. The lowest BCUT2D eigenvalue weighted by molar-refractivity contribution is 0.0618. The van der Waals surface area contributed by atoms with Crippen molar-refractivity contribution in [3.05, 3.63) is 11.1 Å². The normalized spacial score (nSPS) is 21.9. The lowest BCUT2D eigenvalue weighted by atomic mass is 10.0. The number of likely N-dealkylation sites (tertiary alicyclic amines) is 1. The summed E-state index contributed by atoms with van der Waals surface area (Å²) in [5.74, 6) is 0.498. The Morgan fingerprint density at radius 2 is 2.36 bits per heavy atom. The molecule has 0 spiro atoms. The van der Waals surface area contributed by atoms with E-state index in [0.29, 0.717) is 12.5 Å². The number of nitrogens with zero attached hydrogens (tertiary/aromatic N) is 1. The van der Waals surface area contributed by atoms with E-state index in [0.717, 1.165) is 19.6 Å². The molecule has 1 N–H and O–H groups in total. The Hall–Kier alpha value is -0.0500. The maximum absolute atomic E-state index is 8.73. The molecule has 0 aromatic carbocycles. The van der Waals surface area contributed by atoms with E-state index in [1.165, 1.54) is 5.57 Å². The molecule has 0 aromatic heterocycles. The van der Waals surface area contributed by atoms with Gasteiger partial charge in [0.05, 0.1) is 0 Å². The highest BCUT2D eigenvalue weighted by Crippen LogP contribution is 2.15. The van der Waals surface area contributed by atoms with E-state index in [1.54, 1.807) is 5.54 Å². The first kappa shape index (κ1) is 9.04. The van der Waals surface area contributed by atoms with Crippen molar-refractivity contribution in [2.45, 2.75) is 6.92 Å². The molecule has 2 nitrogen and oxygen atoms in total. The van der Waals surface area contributed by atoms with Crippen LogP contribution in [0.25, 0.3) is 0 Å². The van der Waals surface area contributed by atoms with Crippen LogP contribution in [-0.2, 0) is 0 Å². The molecule has 0 aliphatic carbocycles. The fraction of sp³-hybridized carbons (Fsp3) is 0.750. The van der Waals surface area contributed by atoms with Crippen LogP contribution in [0.4, 0.5) is 0 Å². The second-order valence-corrected chi connectivity index (χ2v) is 3.42. The molecule has 1 fully saturated rings. The van der Waals surface area contributed by atoms with E-state index >= 15 is 0 Å². The zero-order valence-electron chi connectivity index (χ0n) is 6.76. The Morgan fingerprint density at radius 3 is 2.82 bits per heavy atom. The van der Waals surface area contributed by atoms with Crippen LogP contribution in [0, 0.1) is 5.92 Å². The predicted octanol–water partition coefficient (Wildman–Crippen LogP) is 1.05. The van der Waals surface area contributed by atoms with E-state index in [4.69, 9.17) is 16.7 Å². The fourth-order valence-electron chi connectivity index (χ4n) is 1.31. The summed E-state index contributed by atoms with van der Waals surface area (Å²) in [5.41, 5.74) is 2.80. The molecule has 0 radical (unpaired) electrons. The van der Waals surface area contributed by atoms with Crippen molar-refractivity contribution >= 4 is 11.6 Å². The highest BCUT2D eigenvalue weighted by atomic mass is 35.5. The fourth-order valence-corrected chi connectivity index (χ4v) is 1.38. The molecule has 1 heterocycles. The maximum atomic E-state index is 8.73. The van der Waals surface area contributed by atoms with Gasteiger partial charge in [0.2, 0.25) is 0 Å². The van der Waals surface area contributed by atoms with Crippen LogP contribution in [0.3, 0.4) is 0 Å². The van der Waals surface area contributed by atoms with Gasteiger partial charge in [-0.05, 0) is 12.5 Å². The SMILES string of the molecule is C/C(=C\Cl)CN1CC(CO)C1. The Balaban J connectivity index is 2.13. The molecule has 1 rings (SSSR count). The van der Waals surface area contributed by atoms with Gasteiger partial charge in [0.1, 0.15) is 0 Å². The molecule has 1 aliphatic rings. The molecule has 1 saturated heterocycles. The zero-order chi connectivity index (χ0) is 8.27. The van der Waals surface area contributed by atoms with Crippen molar-refractivity contribution in [1.82, 2.24) is 4.90 Å². The van der Waals surface area contributed by atoms with Crippen LogP contribution >= 0.6 is 11.6 Å². The van der Waals surface area contributed by atoms with Crippen molar-refractivity contribution in [2.24, 2.45) is 5.92 Å². The molecule has 11 heavy (non-hydrogen) atoms. The Labute approximate surface area is 72.5 Å². The first-order chi connectivity index (χ1) is 5.26. The third-order valence-electron chi connectivity index (χ3n) is 1.95. The summed E-state index contributed by atoms with van der Waals surface area (Å²) in [5, 5.41) is 8.73. The highest BCUT2D eigenvalue weighted by molar-refractivity contribution is 6.25. The van der Waals surface area contributed by atoms with E-state index in [2.05, 4.69) is 4.90 Å². The lowest BCUT2D eigenvalue weighted by Gasteiger charge is -2.38. The molecule has 0 amide bonds. The molecule has 64 valence electrons. The van der Waals surface area contributed by atoms with Crippen molar-refractivity contribution in [1.29, 1.82) is 0 Å². The van der Waals surface area contributed by atoms with Crippen molar-refractivity contribution in [3.63, 3.8) is 0 Å². The van der Waals surface area contributed by atoms with Crippen molar-refractivity contribution in [2.75, 3.05) is 26.2 Å². The van der Waals surface area contributed by atoms with Crippen LogP contribution in [0.15, 0.2) is 11.1 Å². The molecular formula is C8H14ClNO. The summed E-state index contributed by atoms with van der Waals surface area (Å²) in [6, 6.07) is 0. The number of hydrogen-bond acceptors (Lipinski definition) is 2. The summed E-state index contributed by atoms with van der Waals surface area (Å²) in [4.78, 5) is 2.27. The molecule has 0 unspecified atom stereocenters. The quantitative estimate of drug-likeness (QED) is 0.694. The average molecular weight is 176 g/mol. The standard InChI is InChI=1S/C8H14ClNO/c1-7(2-9)3-10-4-8(5-10)6-11/h2,8,11H,3-6H2,1H3/b7-2+. The van der Waals surface area contributed by atoms with E-state index < -0.39 is 0 Å². The third-order valence-corrected chi connectivity index (χ3v) is 2.32. The van der Waals surface area contributed by atoms with E-state index in [1.807, 2.05) is 6.92 Å². The number of rotatable bonds is 3. The summed E-state index contributed by atoms with van der Waals surface area (Å²) in [6.07, 6.45) is 0. The van der Waals surface area contributed by atoms with Gasteiger partial charge < -0.3 is 5.11 Å². The third kappa shape index (κ3) is 2.47. The maximum Gasteiger partial charge on any atom is 0.0483 e. The molecule has 0 bridgehead atoms. The Kier molecular flexibility index (Phi) is 3.37. The van der Waals surface area contributed by atoms with E-state index in [-0.39, 0.29) is 0 Å². The highest BCUT2D eigenvalue weighted by Gasteiger charge is 2.25. The Bertz CT molecular complexity index is 152. The minimum atomic E-state index is 0.320. The molecule has 0 saturated carbocycles. The molecule has 1 aliphatic heterocycles. The van der Waals surface area contributed by atoms with Crippen LogP contribution in [0.5, 0.6) is 0 Å². The number of halogens is 1. The molecular weight excluding hydrogens is 162 g/mol. The van der Waals surface area contributed by atoms with Gasteiger partial charge in [-0.25, -0.2) is 0 Å². The lowest BCUT2D eigenvalue weighted by Crippen LogP contribution is -2.48. The van der Waals surface area contributed by atoms with Gasteiger partial charge in [-0.1, -0.05) is 11.6 Å². The van der Waals surface area contributed by atoms with Crippen LogP contribution < -0.4 is 0 Å². The summed E-state index contributed by atoms with van der Waals surface area (Å²) in [7, 11) is 0. The molecule has 3 heteroatoms. The Morgan fingerprint density at radius 1 is 1.73 bits per heavy atom. The van der Waals surface area contributed by atoms with Gasteiger partial charge in [-0.2, -0.15) is 0 Å². The van der Waals surface area contributed by atoms with Crippen LogP contribution in [0.1, 0.15) is 6.92 Å². The summed E-state index contributed by atoms with van der Waals surface area (Å²) in [6.45, 7) is 5.30. The minimum Gasteiger partial charge on any atom is -0.396 e. The van der Waals surface area contributed by atoms with Crippen LogP contribution in [-0.4, -0.2) is 36.2 Å². The zero-order valence-corrected chi connectivity index (χ0v) is 7.51. The topological polar surface area (TPSA) is 23.5 Å². The number of aliphatic hydroxyl groups is 1. The van der Waals surface area contributed by atoms with Crippen molar-refractivity contribution in [3.8, 4) is 0 Å². The smallest absolute Gasteiger partial charge is 0.0483 e. The predicted molar refractivity (Wildman–Crippen MR) is 46.6 cm³/mol. The van der Waals surface area contributed by atoms with Gasteiger partial charge in [0.25, 0.3) is 0 Å². The van der Waals surface area contributed by atoms with Gasteiger partial charge in [-0.3, -0.25) is 4.90 Å². The summed E-state index contributed by atoms with van der Waals surface area (Å²) >= 11 is 5.51. The second-order valence-electron chi connectivity index (χ2n) is 3.20. The first-order valence-electron chi connectivity index (χ1n) is 3.85. The minimum absolute atomic E-state index is 0.320. The average Bonchev–Trinajstić information content (AvgIpc) is 1.95. The first-order valence-corrected chi connectivity index (χ1v) is 4.29. The van der Waals surface area contributed by atoms with Gasteiger partial charge in [0.15, 0.2) is 0 Å². The van der Waals surface area contributed by atoms with Crippen molar-refractivity contribution < 1.29 is 5.11 Å². The second kappa shape index (κ2) is 4.10. The number of aliphatic hydroxyl groups excluding tert-OH is 1. The van der Waals surface area contributed by atoms with Gasteiger partial charge >= 0.3 is 0 Å². The molecule has 0 aromatic rings. The van der Waals surface area contributed by atoms with E-state index in [9.17, 15) is 0 Å². The van der Waals surface area contributed by atoms with Gasteiger partial charge in [0, 0.05) is 37.7 Å². The largest absolute Gasteiger partial charge is 0.396 e. The number of hydrogen-bond donors (Lipinski definition) is 1. The van der Waals surface area contributed by atoms with Crippen LogP contribution in [0.2, 0.25) is 0 Å². The monoisotopic (exact) mass is 175 g/mol. The van der Waals surface area contributed by atoms with Gasteiger partial charge in [-0.15, -0.1) is 0 Å².